The molecule has 1 saturated heterocycles. The highest BCUT2D eigenvalue weighted by atomic mass is 32.2. The van der Waals surface area contributed by atoms with E-state index in [9.17, 15) is 8.42 Å². The van der Waals surface area contributed by atoms with Crippen LogP contribution in [0.2, 0.25) is 0 Å². The predicted molar refractivity (Wildman–Crippen MR) is 81.3 cm³/mol. The van der Waals surface area contributed by atoms with Gasteiger partial charge >= 0.3 is 0 Å². The molecule has 20 heavy (non-hydrogen) atoms. The van der Waals surface area contributed by atoms with Crippen LogP contribution in [0.5, 0.6) is 0 Å². The van der Waals surface area contributed by atoms with Crippen molar-refractivity contribution in [2.24, 2.45) is 11.1 Å². The number of nitrogens with two attached hydrogens (primary N) is 1. The van der Waals surface area contributed by atoms with E-state index in [0.29, 0.717) is 5.92 Å². The molecule has 0 spiro atoms. The van der Waals surface area contributed by atoms with E-state index in [4.69, 9.17) is 5.14 Å². The fraction of sp³-hybridized carbons (Fsp3) is 0.571. The summed E-state index contributed by atoms with van der Waals surface area (Å²) in [6.45, 7) is 5.90. The third-order valence-electron chi connectivity index (χ3n) is 3.81. The van der Waals surface area contributed by atoms with Crippen LogP contribution in [-0.4, -0.2) is 34.6 Å². The summed E-state index contributed by atoms with van der Waals surface area (Å²) in [6.07, 6.45) is 2.15. The lowest BCUT2D eigenvalue weighted by Crippen LogP contribution is -2.38. The van der Waals surface area contributed by atoms with E-state index >= 15 is 0 Å². The van der Waals surface area contributed by atoms with Crippen molar-refractivity contribution < 1.29 is 8.42 Å². The van der Waals surface area contributed by atoms with E-state index < -0.39 is 10.0 Å². The molecule has 6 heteroatoms. The van der Waals surface area contributed by atoms with E-state index in [-0.39, 0.29) is 4.90 Å². The molecule has 0 unspecified atom stereocenters. The first-order chi connectivity index (χ1) is 9.52. The second-order valence-corrected chi connectivity index (χ2v) is 6.78. The van der Waals surface area contributed by atoms with Crippen LogP contribution in [0.3, 0.4) is 0 Å². The Morgan fingerprint density at radius 2 is 1.95 bits per heavy atom. The van der Waals surface area contributed by atoms with Crippen molar-refractivity contribution in [3.63, 3.8) is 0 Å². The first-order valence-electron chi connectivity index (χ1n) is 7.10. The van der Waals surface area contributed by atoms with Crippen molar-refractivity contribution in [1.82, 2.24) is 5.32 Å². The fourth-order valence-corrected chi connectivity index (χ4v) is 3.44. The van der Waals surface area contributed by atoms with Gasteiger partial charge in [0.2, 0.25) is 10.0 Å². The van der Waals surface area contributed by atoms with Crippen LogP contribution >= 0.6 is 0 Å². The fourth-order valence-electron chi connectivity index (χ4n) is 2.69. The number of primary sulfonamides is 1. The number of hydrogen-bond acceptors (Lipinski definition) is 4. The van der Waals surface area contributed by atoms with Gasteiger partial charge in [-0.05, 0) is 44.0 Å². The summed E-state index contributed by atoms with van der Waals surface area (Å²) < 4.78 is 23.3. The maximum absolute atomic E-state index is 11.6. The minimum atomic E-state index is -3.66. The number of nitrogens with one attached hydrogen (secondary N) is 1. The largest absolute Gasteiger partial charge is 0.370 e. The normalized spacial score (nSPS) is 17.4. The number of rotatable bonds is 5. The summed E-state index contributed by atoms with van der Waals surface area (Å²) >= 11 is 0. The number of hydrogen-bond donors (Lipinski definition) is 2. The molecule has 1 aromatic carbocycles. The lowest BCUT2D eigenvalue weighted by molar-refractivity contribution is 0.386. The standard InChI is InChI=1S/C14H23N3O2S/c1-2-16-11-12-7-9-17(10-8-12)13-5-3-4-6-14(13)20(15,18)19/h3-6,12,16H,2,7-11H2,1H3,(H2,15,18,19). The Morgan fingerprint density at radius 3 is 2.55 bits per heavy atom. The van der Waals surface area contributed by atoms with Gasteiger partial charge in [0.15, 0.2) is 0 Å². The molecule has 0 aromatic heterocycles. The molecule has 1 aliphatic heterocycles. The molecule has 0 saturated carbocycles. The molecule has 0 bridgehead atoms. The predicted octanol–water partition coefficient (Wildman–Crippen LogP) is 1.16. The van der Waals surface area contributed by atoms with E-state index in [2.05, 4.69) is 17.1 Å². The number of sulfonamides is 1. The van der Waals surface area contributed by atoms with E-state index in [1.54, 1.807) is 12.1 Å². The van der Waals surface area contributed by atoms with Gasteiger partial charge < -0.3 is 10.2 Å². The van der Waals surface area contributed by atoms with Crippen LogP contribution < -0.4 is 15.4 Å². The Kier molecular flexibility index (Phi) is 5.01. The second kappa shape index (κ2) is 6.56. The minimum Gasteiger partial charge on any atom is -0.370 e. The average Bonchev–Trinajstić information content (AvgIpc) is 2.45. The highest BCUT2D eigenvalue weighted by molar-refractivity contribution is 7.89. The van der Waals surface area contributed by atoms with Gasteiger partial charge in [0, 0.05) is 13.1 Å². The van der Waals surface area contributed by atoms with Crippen molar-refractivity contribution >= 4 is 15.7 Å². The summed E-state index contributed by atoms with van der Waals surface area (Å²) in [5.41, 5.74) is 0.733. The van der Waals surface area contributed by atoms with Gasteiger partial charge in [-0.3, -0.25) is 0 Å². The van der Waals surface area contributed by atoms with E-state index in [0.717, 1.165) is 44.7 Å². The topological polar surface area (TPSA) is 75.4 Å². The molecule has 1 aliphatic rings. The zero-order valence-corrected chi connectivity index (χ0v) is 12.7. The van der Waals surface area contributed by atoms with Crippen LogP contribution in [0.15, 0.2) is 29.2 Å². The van der Waals surface area contributed by atoms with Crippen LogP contribution in [0.1, 0.15) is 19.8 Å². The molecular weight excluding hydrogens is 274 g/mol. The second-order valence-electron chi connectivity index (χ2n) is 5.25. The molecule has 1 heterocycles. The molecule has 1 fully saturated rings. The maximum Gasteiger partial charge on any atom is 0.240 e. The van der Waals surface area contributed by atoms with Crippen LogP contribution in [0, 0.1) is 5.92 Å². The van der Waals surface area contributed by atoms with E-state index in [1.807, 2.05) is 12.1 Å². The maximum atomic E-state index is 11.6. The summed E-state index contributed by atoms with van der Waals surface area (Å²) in [4.78, 5) is 2.35. The minimum absolute atomic E-state index is 0.227. The Hall–Kier alpha value is -1.11. The molecule has 112 valence electrons. The lowest BCUT2D eigenvalue weighted by atomic mass is 9.96. The van der Waals surface area contributed by atoms with Gasteiger partial charge in [0.25, 0.3) is 0 Å². The highest BCUT2D eigenvalue weighted by Gasteiger charge is 2.23. The summed E-state index contributed by atoms with van der Waals surface area (Å²) in [5.74, 6) is 0.674. The number of nitrogens with zero attached hydrogens (tertiary/aromatic N) is 1. The first-order valence-corrected chi connectivity index (χ1v) is 8.64. The van der Waals surface area contributed by atoms with Gasteiger partial charge in [-0.1, -0.05) is 19.1 Å². The Balaban J connectivity index is 2.08. The van der Waals surface area contributed by atoms with Crippen LogP contribution in [-0.2, 0) is 10.0 Å². The smallest absolute Gasteiger partial charge is 0.240 e. The summed E-state index contributed by atoms with van der Waals surface area (Å²) in [6, 6.07) is 6.98. The molecular formula is C14H23N3O2S. The van der Waals surface area contributed by atoms with Crippen molar-refractivity contribution in [3.8, 4) is 0 Å². The molecule has 5 nitrogen and oxygen atoms in total. The SMILES string of the molecule is CCNCC1CCN(c2ccccc2S(N)(=O)=O)CC1. The average molecular weight is 297 g/mol. The quantitative estimate of drug-likeness (QED) is 0.855. The Labute approximate surface area is 121 Å². The van der Waals surface area contributed by atoms with Crippen molar-refractivity contribution in [2.45, 2.75) is 24.7 Å². The van der Waals surface area contributed by atoms with Crippen LogP contribution in [0.4, 0.5) is 5.69 Å². The summed E-state index contributed by atoms with van der Waals surface area (Å²) in [5, 5.41) is 8.67. The van der Waals surface area contributed by atoms with Gasteiger partial charge in [0.1, 0.15) is 4.90 Å². The summed E-state index contributed by atoms with van der Waals surface area (Å²) in [7, 11) is -3.66. The number of benzene rings is 1. The third-order valence-corrected chi connectivity index (χ3v) is 4.77. The van der Waals surface area contributed by atoms with Crippen molar-refractivity contribution in [3.05, 3.63) is 24.3 Å². The number of para-hydroxylation sites is 1. The van der Waals surface area contributed by atoms with Crippen molar-refractivity contribution in [1.29, 1.82) is 0 Å². The Morgan fingerprint density at radius 1 is 1.30 bits per heavy atom. The zero-order valence-electron chi connectivity index (χ0n) is 11.9. The Bertz CT molecular complexity index is 537. The molecule has 0 radical (unpaired) electrons. The van der Waals surface area contributed by atoms with Gasteiger partial charge in [-0.25, -0.2) is 13.6 Å². The molecule has 3 N–H and O–H groups in total. The highest BCUT2D eigenvalue weighted by Crippen LogP contribution is 2.28. The lowest BCUT2D eigenvalue weighted by Gasteiger charge is -2.34. The first kappa shape index (κ1) is 15.3. The zero-order chi connectivity index (χ0) is 14.6. The molecule has 0 aliphatic carbocycles. The van der Waals surface area contributed by atoms with Gasteiger partial charge in [0.05, 0.1) is 5.69 Å². The van der Waals surface area contributed by atoms with Crippen molar-refractivity contribution in [2.75, 3.05) is 31.1 Å². The van der Waals surface area contributed by atoms with Crippen LogP contribution in [0.25, 0.3) is 0 Å². The van der Waals surface area contributed by atoms with E-state index in [1.165, 1.54) is 0 Å². The van der Waals surface area contributed by atoms with Gasteiger partial charge in [-0.15, -0.1) is 0 Å². The molecule has 0 amide bonds. The number of piperidine rings is 1. The monoisotopic (exact) mass is 297 g/mol. The molecule has 0 atom stereocenters. The molecule has 2 rings (SSSR count). The third kappa shape index (κ3) is 3.71. The number of anilines is 1. The molecule has 1 aromatic rings. The van der Waals surface area contributed by atoms with Gasteiger partial charge in [-0.2, -0.15) is 0 Å².